The second-order valence-electron chi connectivity index (χ2n) is 7.30. The zero-order valence-corrected chi connectivity index (χ0v) is 16.1. The lowest BCUT2D eigenvalue weighted by molar-refractivity contribution is -0.120. The maximum Gasteiger partial charge on any atom is 0.265 e. The minimum absolute atomic E-state index is 0.00456. The van der Waals surface area contributed by atoms with E-state index in [-0.39, 0.29) is 18.6 Å². The Morgan fingerprint density at radius 3 is 3.04 bits per heavy atom. The number of carbonyl (C=O) groups excluding carboxylic acids is 1. The Morgan fingerprint density at radius 1 is 1.26 bits per heavy atom. The largest absolute Gasteiger partial charge is 0.467 e. The van der Waals surface area contributed by atoms with Crippen molar-refractivity contribution in [1.29, 1.82) is 0 Å². The van der Waals surface area contributed by atoms with Gasteiger partial charge in [0.25, 0.3) is 5.91 Å². The molecule has 1 unspecified atom stereocenters. The summed E-state index contributed by atoms with van der Waals surface area (Å²) in [7, 11) is 0. The molecule has 0 fully saturated rings. The van der Waals surface area contributed by atoms with Crippen LogP contribution in [0.25, 0.3) is 10.2 Å². The first-order chi connectivity index (χ1) is 13.2. The summed E-state index contributed by atoms with van der Waals surface area (Å²) in [5.41, 5.74) is 3.54. The molecule has 1 aromatic carbocycles. The fourth-order valence-electron chi connectivity index (χ4n) is 4.32. The van der Waals surface area contributed by atoms with E-state index in [1.165, 1.54) is 35.2 Å². The first-order valence-corrected chi connectivity index (χ1v) is 10.3. The first-order valence-electron chi connectivity index (χ1n) is 9.50. The number of hydrogen-bond acceptors (Lipinski definition) is 5. The highest BCUT2D eigenvalue weighted by atomic mass is 32.1. The van der Waals surface area contributed by atoms with Gasteiger partial charge in [0.15, 0.2) is 6.61 Å². The number of fused-ring (bicyclic) bond motifs is 4. The molecule has 1 aliphatic heterocycles. The van der Waals surface area contributed by atoms with E-state index in [0.29, 0.717) is 5.88 Å². The van der Waals surface area contributed by atoms with Crippen LogP contribution in [0.1, 0.15) is 35.8 Å². The summed E-state index contributed by atoms with van der Waals surface area (Å²) in [4.78, 5) is 25.9. The highest BCUT2D eigenvalue weighted by molar-refractivity contribution is 7.18. The average Bonchev–Trinajstić information content (AvgIpc) is 3.23. The van der Waals surface area contributed by atoms with E-state index in [1.807, 2.05) is 23.1 Å². The summed E-state index contributed by atoms with van der Waals surface area (Å²) >= 11 is 1.74. The number of amides is 1. The molecule has 0 saturated carbocycles. The maximum absolute atomic E-state index is 12.9. The van der Waals surface area contributed by atoms with Gasteiger partial charge in [-0.25, -0.2) is 9.97 Å². The van der Waals surface area contributed by atoms with Crippen LogP contribution < -0.4 is 9.64 Å². The number of hydrogen-bond donors (Lipinski definition) is 0. The third-order valence-corrected chi connectivity index (χ3v) is 6.72. The molecule has 0 N–H and O–H groups in total. The molecule has 27 heavy (non-hydrogen) atoms. The average molecular weight is 379 g/mol. The second-order valence-corrected chi connectivity index (χ2v) is 8.39. The van der Waals surface area contributed by atoms with Crippen molar-refractivity contribution in [3.05, 3.63) is 46.6 Å². The lowest BCUT2D eigenvalue weighted by Crippen LogP contribution is -2.39. The van der Waals surface area contributed by atoms with Gasteiger partial charge in [-0.1, -0.05) is 18.2 Å². The van der Waals surface area contributed by atoms with Gasteiger partial charge < -0.3 is 9.64 Å². The fraction of sp³-hybridized carbons (Fsp3) is 0.381. The predicted molar refractivity (Wildman–Crippen MR) is 107 cm³/mol. The minimum Gasteiger partial charge on any atom is -0.467 e. The first kappa shape index (κ1) is 16.7. The number of aryl methyl sites for hydroxylation is 2. The molecule has 0 bridgehead atoms. The normalized spacial score (nSPS) is 18.4. The van der Waals surface area contributed by atoms with Crippen LogP contribution in [0.5, 0.6) is 5.88 Å². The van der Waals surface area contributed by atoms with Crippen molar-refractivity contribution in [2.75, 3.05) is 11.5 Å². The molecule has 3 heterocycles. The number of rotatable bonds is 3. The van der Waals surface area contributed by atoms with Crippen LogP contribution >= 0.6 is 11.3 Å². The Balaban J connectivity index is 1.41. The van der Waals surface area contributed by atoms with Crippen LogP contribution in [0.2, 0.25) is 0 Å². The summed E-state index contributed by atoms with van der Waals surface area (Å²) < 4.78 is 5.95. The molecule has 5 rings (SSSR count). The van der Waals surface area contributed by atoms with Gasteiger partial charge in [0.05, 0.1) is 5.39 Å². The van der Waals surface area contributed by atoms with E-state index in [4.69, 9.17) is 4.74 Å². The van der Waals surface area contributed by atoms with Crippen molar-refractivity contribution in [2.24, 2.45) is 0 Å². The van der Waals surface area contributed by atoms with Crippen LogP contribution in [-0.2, 0) is 24.1 Å². The van der Waals surface area contributed by atoms with Gasteiger partial charge >= 0.3 is 0 Å². The zero-order chi connectivity index (χ0) is 18.4. The standard InChI is InChI=1S/C21H21N3O2S/c1-13-10-14-6-2-4-8-16(14)24(13)18(25)11-26-20-19-15-7-3-5-9-17(15)27-21(19)23-12-22-20/h2,4,6,8,12-13H,3,5,7,9-11H2,1H3. The molecule has 0 radical (unpaired) electrons. The Bertz CT molecular complexity index is 1030. The summed E-state index contributed by atoms with van der Waals surface area (Å²) in [5, 5.41) is 1.01. The molecular formula is C21H21N3O2S. The van der Waals surface area contributed by atoms with Gasteiger partial charge in [-0.3, -0.25) is 4.79 Å². The monoisotopic (exact) mass is 379 g/mol. The van der Waals surface area contributed by atoms with Crippen molar-refractivity contribution >= 4 is 33.1 Å². The smallest absolute Gasteiger partial charge is 0.265 e. The summed E-state index contributed by atoms with van der Waals surface area (Å²) in [6.07, 6.45) is 7.00. The Kier molecular flexibility index (Phi) is 4.08. The number of nitrogens with zero attached hydrogens (tertiary/aromatic N) is 3. The van der Waals surface area contributed by atoms with E-state index in [0.717, 1.165) is 35.2 Å². The van der Waals surface area contributed by atoms with Crippen LogP contribution in [0.15, 0.2) is 30.6 Å². The molecule has 3 aromatic rings. The molecule has 2 aromatic heterocycles. The van der Waals surface area contributed by atoms with Gasteiger partial charge in [0, 0.05) is 16.6 Å². The molecule has 2 aliphatic rings. The van der Waals surface area contributed by atoms with Gasteiger partial charge in [0.2, 0.25) is 5.88 Å². The topological polar surface area (TPSA) is 55.3 Å². The molecule has 138 valence electrons. The lowest BCUT2D eigenvalue weighted by Gasteiger charge is -2.22. The molecule has 0 spiro atoms. The highest BCUT2D eigenvalue weighted by Gasteiger charge is 2.31. The SMILES string of the molecule is CC1Cc2ccccc2N1C(=O)COc1ncnc2sc3c(c12)CCCC3. The van der Waals surface area contributed by atoms with E-state index >= 15 is 0 Å². The molecule has 1 atom stereocenters. The summed E-state index contributed by atoms with van der Waals surface area (Å²) in [5.74, 6) is 0.524. The van der Waals surface area contributed by atoms with Gasteiger partial charge in [-0.2, -0.15) is 0 Å². The Hall–Kier alpha value is -2.47. The number of carbonyl (C=O) groups is 1. The third kappa shape index (κ3) is 2.79. The lowest BCUT2D eigenvalue weighted by atomic mass is 9.97. The van der Waals surface area contributed by atoms with Crippen LogP contribution in [0.3, 0.4) is 0 Å². The van der Waals surface area contributed by atoms with Crippen LogP contribution in [-0.4, -0.2) is 28.5 Å². The van der Waals surface area contributed by atoms with Gasteiger partial charge in [-0.05, 0) is 56.2 Å². The molecular weight excluding hydrogens is 358 g/mol. The Labute approximate surface area is 162 Å². The van der Waals surface area contributed by atoms with Crippen LogP contribution in [0, 0.1) is 0 Å². The second kappa shape index (κ2) is 6.60. The molecule has 6 heteroatoms. The number of benzene rings is 1. The Morgan fingerprint density at radius 2 is 2.11 bits per heavy atom. The number of aromatic nitrogens is 2. The minimum atomic E-state index is -0.0247. The summed E-state index contributed by atoms with van der Waals surface area (Å²) in [6.45, 7) is 2.07. The van der Waals surface area contributed by atoms with E-state index in [2.05, 4.69) is 23.0 Å². The predicted octanol–water partition coefficient (Wildman–Crippen LogP) is 3.93. The quantitative estimate of drug-likeness (QED) is 0.692. The zero-order valence-electron chi connectivity index (χ0n) is 15.3. The molecule has 0 saturated heterocycles. The molecule has 1 amide bonds. The molecule has 5 nitrogen and oxygen atoms in total. The van der Waals surface area contributed by atoms with Crippen molar-refractivity contribution in [2.45, 2.75) is 45.1 Å². The number of ether oxygens (including phenoxy) is 1. The fourth-order valence-corrected chi connectivity index (χ4v) is 5.54. The number of thiophene rings is 1. The number of para-hydroxylation sites is 1. The van der Waals surface area contributed by atoms with Crippen molar-refractivity contribution < 1.29 is 9.53 Å². The summed E-state index contributed by atoms with van der Waals surface area (Å²) in [6, 6.07) is 8.25. The van der Waals surface area contributed by atoms with Gasteiger partial charge in [0.1, 0.15) is 11.2 Å². The van der Waals surface area contributed by atoms with E-state index in [1.54, 1.807) is 11.3 Å². The van der Waals surface area contributed by atoms with Crippen molar-refractivity contribution in [3.63, 3.8) is 0 Å². The van der Waals surface area contributed by atoms with Crippen LogP contribution in [0.4, 0.5) is 5.69 Å². The number of anilines is 1. The highest BCUT2D eigenvalue weighted by Crippen LogP contribution is 2.39. The van der Waals surface area contributed by atoms with E-state index in [9.17, 15) is 4.79 Å². The molecule has 1 aliphatic carbocycles. The van der Waals surface area contributed by atoms with Crippen molar-refractivity contribution in [3.8, 4) is 5.88 Å². The third-order valence-electron chi connectivity index (χ3n) is 5.52. The maximum atomic E-state index is 12.9. The van der Waals surface area contributed by atoms with Crippen molar-refractivity contribution in [1.82, 2.24) is 9.97 Å². The van der Waals surface area contributed by atoms with Gasteiger partial charge in [-0.15, -0.1) is 11.3 Å². The van der Waals surface area contributed by atoms with E-state index < -0.39 is 0 Å².